The molecule has 1 atom stereocenters. The van der Waals surface area contributed by atoms with Gasteiger partial charge < -0.3 is 19.5 Å². The highest BCUT2D eigenvalue weighted by molar-refractivity contribution is 7.99. The zero-order valence-corrected chi connectivity index (χ0v) is 24.9. The fourth-order valence-electron chi connectivity index (χ4n) is 4.42. The van der Waals surface area contributed by atoms with Crippen LogP contribution in [0.3, 0.4) is 0 Å². The standard InChI is InChI=1S/C32H43NO5S.H2/c1-8-29(34)36-19-18-33-32(35)38-27(21-39-28-12-10-9-11-13-28)20-37-26-16-14-25(15-17-26)31(24(6)7)30(22(2)3)23(4)5;/h8-17,22-24,27H,1,18-21H2,2-7H3,(H,33,35);1H. The number of hydrogen-bond acceptors (Lipinski definition) is 6. The van der Waals surface area contributed by atoms with Crippen molar-refractivity contribution in [3.63, 3.8) is 0 Å². The lowest BCUT2D eigenvalue weighted by Crippen LogP contribution is -2.35. The Balaban J connectivity index is 0.00000800. The Kier molecular flexibility index (Phi) is 13.7. The average Bonchev–Trinajstić information content (AvgIpc) is 2.91. The van der Waals surface area contributed by atoms with Crippen LogP contribution < -0.4 is 10.1 Å². The minimum Gasteiger partial charge on any atom is -0.490 e. The largest absolute Gasteiger partial charge is 0.490 e. The maximum absolute atomic E-state index is 12.4. The lowest BCUT2D eigenvalue weighted by atomic mass is 9.81. The second-order valence-corrected chi connectivity index (χ2v) is 11.2. The number of benzene rings is 2. The number of ether oxygens (including phenoxy) is 3. The van der Waals surface area contributed by atoms with E-state index in [1.165, 1.54) is 16.7 Å². The summed E-state index contributed by atoms with van der Waals surface area (Å²) in [6.45, 7) is 17.2. The number of rotatable bonds is 15. The summed E-state index contributed by atoms with van der Waals surface area (Å²) in [4.78, 5) is 24.6. The molecule has 0 radical (unpaired) electrons. The SMILES string of the molecule is C=CC(=O)OCCNC(=O)OC(COc1ccc(C(=C(C(C)C)C(C)C)C(C)C)cc1)CSc1ccccc1.[HH]. The number of allylic oxidation sites excluding steroid dienone is 2. The van der Waals surface area contributed by atoms with E-state index in [1.54, 1.807) is 11.8 Å². The van der Waals surface area contributed by atoms with E-state index in [0.29, 0.717) is 29.3 Å². The van der Waals surface area contributed by atoms with Gasteiger partial charge in [-0.3, -0.25) is 0 Å². The molecule has 7 heteroatoms. The predicted octanol–water partition coefficient (Wildman–Crippen LogP) is 7.65. The van der Waals surface area contributed by atoms with Crippen LogP contribution in [0.4, 0.5) is 4.79 Å². The summed E-state index contributed by atoms with van der Waals surface area (Å²) in [5.41, 5.74) is 4.08. The van der Waals surface area contributed by atoms with Crippen molar-refractivity contribution in [3.05, 3.63) is 78.4 Å². The maximum atomic E-state index is 12.4. The third-order valence-corrected chi connectivity index (χ3v) is 7.11. The molecule has 39 heavy (non-hydrogen) atoms. The first-order chi connectivity index (χ1) is 18.6. The Bertz CT molecular complexity index is 1070. The molecule has 0 saturated carbocycles. The van der Waals surface area contributed by atoms with Crippen LogP contribution in [-0.2, 0) is 14.3 Å². The molecule has 0 fully saturated rings. The molecule has 2 rings (SSSR count). The number of esters is 1. The summed E-state index contributed by atoms with van der Waals surface area (Å²) in [5, 5.41) is 2.61. The minimum atomic E-state index is -0.594. The van der Waals surface area contributed by atoms with Crippen LogP contribution in [0.2, 0.25) is 0 Å². The van der Waals surface area contributed by atoms with Gasteiger partial charge >= 0.3 is 12.1 Å². The summed E-state index contributed by atoms with van der Waals surface area (Å²) < 4.78 is 16.6. The van der Waals surface area contributed by atoms with E-state index in [0.717, 1.165) is 11.0 Å². The van der Waals surface area contributed by atoms with Crippen molar-refractivity contribution in [3.8, 4) is 5.75 Å². The van der Waals surface area contributed by atoms with E-state index >= 15 is 0 Å². The van der Waals surface area contributed by atoms with Crippen molar-refractivity contribution in [2.24, 2.45) is 17.8 Å². The fraction of sp³-hybridized carbons (Fsp3) is 0.438. The molecule has 6 nitrogen and oxygen atoms in total. The third-order valence-electron chi connectivity index (χ3n) is 5.97. The molecular formula is C32H45NO5S. The Labute approximate surface area is 239 Å². The molecule has 0 spiro atoms. The Hall–Kier alpha value is -3.19. The molecule has 0 bridgehead atoms. The van der Waals surface area contributed by atoms with Gasteiger partial charge in [0.2, 0.25) is 0 Å². The minimum absolute atomic E-state index is 0. The van der Waals surface area contributed by atoms with Gasteiger partial charge in [-0.25, -0.2) is 9.59 Å². The van der Waals surface area contributed by atoms with Gasteiger partial charge in [0.05, 0.1) is 6.54 Å². The van der Waals surface area contributed by atoms with Gasteiger partial charge in [-0.15, -0.1) is 11.8 Å². The predicted molar refractivity (Wildman–Crippen MR) is 162 cm³/mol. The normalized spacial score (nSPS) is 11.7. The number of carbonyl (C=O) groups is 2. The van der Waals surface area contributed by atoms with Crippen LogP contribution in [0.1, 0.15) is 48.5 Å². The number of nitrogens with one attached hydrogen (secondary N) is 1. The van der Waals surface area contributed by atoms with Gasteiger partial charge in [0.1, 0.15) is 25.1 Å². The number of alkyl carbamates (subject to hydrolysis) is 1. The molecule has 0 aromatic heterocycles. The topological polar surface area (TPSA) is 73.9 Å². The first kappa shape index (κ1) is 32.0. The zero-order valence-electron chi connectivity index (χ0n) is 24.1. The average molecular weight is 556 g/mol. The van der Waals surface area contributed by atoms with Crippen molar-refractivity contribution in [2.75, 3.05) is 25.5 Å². The molecule has 0 aliphatic carbocycles. The van der Waals surface area contributed by atoms with E-state index < -0.39 is 18.2 Å². The highest BCUT2D eigenvalue weighted by Gasteiger charge is 2.19. The van der Waals surface area contributed by atoms with Gasteiger partial charge in [-0.2, -0.15) is 0 Å². The van der Waals surface area contributed by atoms with Crippen LogP contribution in [0, 0.1) is 17.8 Å². The highest BCUT2D eigenvalue weighted by Crippen LogP contribution is 2.35. The highest BCUT2D eigenvalue weighted by atomic mass is 32.2. The summed E-state index contributed by atoms with van der Waals surface area (Å²) in [6.07, 6.45) is -0.0129. The third kappa shape index (κ3) is 11.2. The summed E-state index contributed by atoms with van der Waals surface area (Å²) >= 11 is 1.59. The molecule has 2 aromatic rings. The molecular weight excluding hydrogens is 510 g/mol. The van der Waals surface area contributed by atoms with Crippen LogP contribution in [0.15, 0.2) is 77.7 Å². The van der Waals surface area contributed by atoms with Crippen molar-refractivity contribution in [2.45, 2.75) is 52.5 Å². The second-order valence-electron chi connectivity index (χ2n) is 10.1. The molecule has 0 aliphatic heterocycles. The summed E-state index contributed by atoms with van der Waals surface area (Å²) in [7, 11) is 0. The van der Waals surface area contributed by atoms with Gasteiger partial charge in [0.15, 0.2) is 0 Å². The monoisotopic (exact) mass is 555 g/mol. The molecule has 2 aromatic carbocycles. The van der Waals surface area contributed by atoms with Crippen LogP contribution in [0.25, 0.3) is 5.57 Å². The van der Waals surface area contributed by atoms with Gasteiger partial charge in [-0.05, 0) is 53.2 Å². The van der Waals surface area contributed by atoms with E-state index in [9.17, 15) is 9.59 Å². The maximum Gasteiger partial charge on any atom is 0.407 e. The smallest absolute Gasteiger partial charge is 0.407 e. The number of thioether (sulfide) groups is 1. The first-order valence-electron chi connectivity index (χ1n) is 13.5. The summed E-state index contributed by atoms with van der Waals surface area (Å²) in [6, 6.07) is 18.1. The number of amides is 1. The zero-order chi connectivity index (χ0) is 28.8. The lowest BCUT2D eigenvalue weighted by molar-refractivity contribution is -0.137. The summed E-state index contributed by atoms with van der Waals surface area (Å²) in [5.74, 6) is 2.04. The van der Waals surface area contributed by atoms with Gasteiger partial charge in [-0.1, -0.05) is 84.0 Å². The van der Waals surface area contributed by atoms with Crippen molar-refractivity contribution in [1.82, 2.24) is 5.32 Å². The number of hydrogen-bond donors (Lipinski definition) is 1. The Morgan fingerprint density at radius 2 is 1.59 bits per heavy atom. The Morgan fingerprint density at radius 3 is 2.15 bits per heavy atom. The van der Waals surface area contributed by atoms with Gasteiger partial charge in [0, 0.05) is 18.2 Å². The van der Waals surface area contributed by atoms with E-state index in [4.69, 9.17) is 14.2 Å². The van der Waals surface area contributed by atoms with Crippen molar-refractivity contribution < 1.29 is 25.2 Å². The molecule has 1 unspecified atom stereocenters. The molecule has 1 N–H and O–H groups in total. The van der Waals surface area contributed by atoms with E-state index in [1.807, 2.05) is 42.5 Å². The molecule has 1 amide bonds. The second kappa shape index (κ2) is 16.7. The first-order valence-corrected chi connectivity index (χ1v) is 14.5. The molecule has 0 saturated heterocycles. The Morgan fingerprint density at radius 1 is 0.949 bits per heavy atom. The quantitative estimate of drug-likeness (QED) is 0.105. The fourth-order valence-corrected chi connectivity index (χ4v) is 5.31. The van der Waals surface area contributed by atoms with Crippen molar-refractivity contribution >= 4 is 29.4 Å². The van der Waals surface area contributed by atoms with Crippen LogP contribution >= 0.6 is 11.8 Å². The lowest BCUT2D eigenvalue weighted by Gasteiger charge is -2.25. The van der Waals surface area contributed by atoms with E-state index in [2.05, 4.69) is 65.6 Å². The van der Waals surface area contributed by atoms with Gasteiger partial charge in [0.25, 0.3) is 0 Å². The molecule has 0 heterocycles. The molecule has 0 aliphatic rings. The van der Waals surface area contributed by atoms with E-state index in [-0.39, 0.29) is 21.2 Å². The van der Waals surface area contributed by atoms with Crippen LogP contribution in [-0.4, -0.2) is 43.7 Å². The van der Waals surface area contributed by atoms with Crippen molar-refractivity contribution in [1.29, 1.82) is 0 Å². The molecule has 214 valence electrons. The number of carbonyl (C=O) groups excluding carboxylic acids is 2. The van der Waals surface area contributed by atoms with Crippen LogP contribution in [0.5, 0.6) is 5.75 Å².